The van der Waals surface area contributed by atoms with E-state index in [0.29, 0.717) is 32.2 Å². The van der Waals surface area contributed by atoms with Crippen molar-refractivity contribution in [3.05, 3.63) is 63.7 Å². The Hall–Kier alpha value is -3.33. The SMILES string of the molecule is CCNC(=NCc1ccc(C)cc1OC1CCOC1)NCCNc1ccc([N+](=O)[O-])cc1. The highest BCUT2D eigenvalue weighted by Crippen LogP contribution is 2.24. The molecule has 0 aromatic heterocycles. The van der Waals surface area contributed by atoms with Gasteiger partial charge in [-0.2, -0.15) is 0 Å². The number of rotatable bonds is 10. The number of aliphatic imine (C=N–C) groups is 1. The lowest BCUT2D eigenvalue weighted by Gasteiger charge is -2.16. The molecule has 32 heavy (non-hydrogen) atoms. The van der Waals surface area contributed by atoms with Gasteiger partial charge in [0.15, 0.2) is 5.96 Å². The lowest BCUT2D eigenvalue weighted by molar-refractivity contribution is -0.384. The lowest BCUT2D eigenvalue weighted by atomic mass is 10.1. The Bertz CT molecular complexity index is 911. The number of hydrogen-bond acceptors (Lipinski definition) is 6. The summed E-state index contributed by atoms with van der Waals surface area (Å²) < 4.78 is 11.6. The third-order valence-corrected chi connectivity index (χ3v) is 4.98. The monoisotopic (exact) mass is 441 g/mol. The highest BCUT2D eigenvalue weighted by Gasteiger charge is 2.18. The van der Waals surface area contributed by atoms with E-state index in [4.69, 9.17) is 14.5 Å². The van der Waals surface area contributed by atoms with Crippen LogP contribution in [0.15, 0.2) is 47.5 Å². The summed E-state index contributed by atoms with van der Waals surface area (Å²) in [7, 11) is 0. The van der Waals surface area contributed by atoms with Gasteiger partial charge in [0.25, 0.3) is 5.69 Å². The van der Waals surface area contributed by atoms with Gasteiger partial charge in [-0.05, 0) is 37.6 Å². The van der Waals surface area contributed by atoms with E-state index in [-0.39, 0.29) is 11.8 Å². The Balaban J connectivity index is 1.53. The van der Waals surface area contributed by atoms with Crippen molar-refractivity contribution in [2.24, 2.45) is 4.99 Å². The summed E-state index contributed by atoms with van der Waals surface area (Å²) >= 11 is 0. The third kappa shape index (κ3) is 7.12. The Morgan fingerprint density at radius 1 is 1.22 bits per heavy atom. The number of nitro benzene ring substituents is 1. The maximum Gasteiger partial charge on any atom is 0.269 e. The summed E-state index contributed by atoms with van der Waals surface area (Å²) in [5.74, 6) is 1.58. The third-order valence-electron chi connectivity index (χ3n) is 4.98. The van der Waals surface area contributed by atoms with E-state index >= 15 is 0 Å². The quantitative estimate of drug-likeness (QED) is 0.171. The molecule has 2 aromatic rings. The number of nitrogens with zero attached hydrogens (tertiary/aromatic N) is 2. The summed E-state index contributed by atoms with van der Waals surface area (Å²) in [5.41, 5.74) is 3.09. The molecule has 1 heterocycles. The molecule has 3 N–H and O–H groups in total. The van der Waals surface area contributed by atoms with Crippen molar-refractivity contribution >= 4 is 17.3 Å². The van der Waals surface area contributed by atoms with Crippen LogP contribution >= 0.6 is 0 Å². The molecule has 1 fully saturated rings. The van der Waals surface area contributed by atoms with Crippen LogP contribution < -0.4 is 20.7 Å². The van der Waals surface area contributed by atoms with E-state index in [0.717, 1.165) is 42.1 Å². The Kier molecular flexibility index (Phi) is 8.68. The zero-order valence-electron chi connectivity index (χ0n) is 18.6. The van der Waals surface area contributed by atoms with Gasteiger partial charge in [-0.3, -0.25) is 10.1 Å². The van der Waals surface area contributed by atoms with E-state index in [1.807, 2.05) is 6.92 Å². The molecule has 3 rings (SSSR count). The second-order valence-corrected chi connectivity index (χ2v) is 7.57. The molecule has 0 spiro atoms. The van der Waals surface area contributed by atoms with Crippen LogP contribution in [0.4, 0.5) is 11.4 Å². The minimum absolute atomic E-state index is 0.0788. The fraction of sp³-hybridized carbons (Fsp3) is 0.435. The number of aryl methyl sites for hydroxylation is 1. The molecule has 2 aromatic carbocycles. The minimum atomic E-state index is -0.406. The zero-order valence-corrected chi connectivity index (χ0v) is 18.6. The Labute approximate surface area is 188 Å². The highest BCUT2D eigenvalue weighted by atomic mass is 16.6. The van der Waals surface area contributed by atoms with Gasteiger partial charge in [0.1, 0.15) is 11.9 Å². The average Bonchev–Trinajstić information content (AvgIpc) is 3.29. The molecular weight excluding hydrogens is 410 g/mol. The predicted octanol–water partition coefficient (Wildman–Crippen LogP) is 3.24. The van der Waals surface area contributed by atoms with Crippen LogP contribution in [0.25, 0.3) is 0 Å². The normalized spacial score (nSPS) is 15.9. The van der Waals surface area contributed by atoms with E-state index in [9.17, 15) is 10.1 Å². The minimum Gasteiger partial charge on any atom is -0.488 e. The van der Waals surface area contributed by atoms with Crippen molar-refractivity contribution in [3.63, 3.8) is 0 Å². The van der Waals surface area contributed by atoms with Gasteiger partial charge in [0, 0.05) is 49.4 Å². The summed E-state index contributed by atoms with van der Waals surface area (Å²) in [6.07, 6.45) is 0.999. The van der Waals surface area contributed by atoms with Crippen LogP contribution in [0, 0.1) is 17.0 Å². The van der Waals surface area contributed by atoms with Crippen LogP contribution in [0.1, 0.15) is 24.5 Å². The van der Waals surface area contributed by atoms with Crippen LogP contribution in [-0.2, 0) is 11.3 Å². The van der Waals surface area contributed by atoms with Crippen LogP contribution in [0.3, 0.4) is 0 Å². The molecule has 172 valence electrons. The van der Waals surface area contributed by atoms with Gasteiger partial charge in [-0.25, -0.2) is 4.99 Å². The van der Waals surface area contributed by atoms with Crippen LogP contribution in [0.2, 0.25) is 0 Å². The van der Waals surface area contributed by atoms with Gasteiger partial charge in [0.2, 0.25) is 0 Å². The maximum atomic E-state index is 10.7. The molecule has 1 unspecified atom stereocenters. The first-order chi connectivity index (χ1) is 15.5. The first-order valence-corrected chi connectivity index (χ1v) is 10.9. The topological polar surface area (TPSA) is 110 Å². The van der Waals surface area contributed by atoms with Gasteiger partial charge < -0.3 is 25.4 Å². The van der Waals surface area contributed by atoms with Crippen molar-refractivity contribution in [3.8, 4) is 5.75 Å². The van der Waals surface area contributed by atoms with Crippen molar-refractivity contribution in [1.82, 2.24) is 10.6 Å². The molecule has 0 aliphatic carbocycles. The van der Waals surface area contributed by atoms with Gasteiger partial charge >= 0.3 is 0 Å². The number of anilines is 1. The molecular formula is C23H31N5O4. The van der Waals surface area contributed by atoms with Crippen molar-refractivity contribution in [1.29, 1.82) is 0 Å². The number of nitrogens with one attached hydrogen (secondary N) is 3. The van der Waals surface area contributed by atoms with Gasteiger partial charge in [-0.1, -0.05) is 12.1 Å². The smallest absolute Gasteiger partial charge is 0.269 e. The summed E-state index contributed by atoms with van der Waals surface area (Å²) in [4.78, 5) is 15.0. The zero-order chi connectivity index (χ0) is 22.8. The molecule has 0 radical (unpaired) electrons. The molecule has 1 atom stereocenters. The van der Waals surface area contributed by atoms with E-state index in [1.165, 1.54) is 12.1 Å². The van der Waals surface area contributed by atoms with Gasteiger partial charge in [-0.15, -0.1) is 0 Å². The molecule has 0 bridgehead atoms. The molecule has 9 heteroatoms. The molecule has 9 nitrogen and oxygen atoms in total. The Morgan fingerprint density at radius 2 is 2.03 bits per heavy atom. The molecule has 1 aliphatic rings. The fourth-order valence-electron chi connectivity index (χ4n) is 3.28. The van der Waals surface area contributed by atoms with E-state index in [1.54, 1.807) is 12.1 Å². The van der Waals surface area contributed by atoms with Crippen LogP contribution in [0.5, 0.6) is 5.75 Å². The lowest BCUT2D eigenvalue weighted by Crippen LogP contribution is -2.39. The van der Waals surface area contributed by atoms with Crippen molar-refractivity contribution < 1.29 is 14.4 Å². The number of non-ortho nitro benzene ring substituents is 1. The van der Waals surface area contributed by atoms with Crippen molar-refractivity contribution in [2.45, 2.75) is 32.9 Å². The average molecular weight is 442 g/mol. The van der Waals surface area contributed by atoms with Crippen molar-refractivity contribution in [2.75, 3.05) is 38.2 Å². The van der Waals surface area contributed by atoms with Gasteiger partial charge in [0.05, 0.1) is 24.7 Å². The van der Waals surface area contributed by atoms with E-state index in [2.05, 4.69) is 41.1 Å². The van der Waals surface area contributed by atoms with E-state index < -0.39 is 4.92 Å². The molecule has 1 saturated heterocycles. The standard InChI is InChI=1S/C23H31N5O4/c1-3-24-23(26-12-11-25-19-6-8-20(9-7-19)28(29)30)27-15-18-5-4-17(2)14-22(18)32-21-10-13-31-16-21/h4-9,14,21,25H,3,10-13,15-16H2,1-2H3,(H2,24,26,27). The molecule has 1 aliphatic heterocycles. The summed E-state index contributed by atoms with van der Waals surface area (Å²) in [6.45, 7) is 7.96. The first kappa shape index (κ1) is 23.3. The number of hydrogen-bond donors (Lipinski definition) is 3. The fourth-order valence-corrected chi connectivity index (χ4v) is 3.28. The second-order valence-electron chi connectivity index (χ2n) is 7.57. The molecule has 0 amide bonds. The van der Waals surface area contributed by atoms with Crippen LogP contribution in [-0.4, -0.2) is 49.8 Å². The highest BCUT2D eigenvalue weighted by molar-refractivity contribution is 5.79. The number of ether oxygens (including phenoxy) is 2. The number of guanidine groups is 1. The number of benzene rings is 2. The molecule has 0 saturated carbocycles. The maximum absolute atomic E-state index is 10.7. The Morgan fingerprint density at radius 3 is 2.72 bits per heavy atom. The second kappa shape index (κ2) is 11.9. The largest absolute Gasteiger partial charge is 0.488 e. The predicted molar refractivity (Wildman–Crippen MR) is 125 cm³/mol. The summed E-state index contributed by atoms with van der Waals surface area (Å²) in [5, 5.41) is 20.5. The first-order valence-electron chi connectivity index (χ1n) is 10.9. The number of nitro groups is 1. The summed E-state index contributed by atoms with van der Waals surface area (Å²) in [6, 6.07) is 12.6.